The summed E-state index contributed by atoms with van der Waals surface area (Å²) < 4.78 is 4.81. The average molecular weight is 289 g/mol. The molecule has 0 spiro atoms. The zero-order chi connectivity index (χ0) is 15.5. The molecule has 0 heterocycles. The molecule has 1 aromatic rings. The van der Waals surface area contributed by atoms with E-state index < -0.39 is 5.97 Å². The summed E-state index contributed by atoms with van der Waals surface area (Å²) in [6.07, 6.45) is 4.93. The van der Waals surface area contributed by atoms with Crippen molar-refractivity contribution in [3.8, 4) is 0 Å². The molecule has 4 nitrogen and oxygen atoms in total. The number of carbonyl (C=O) groups is 2. The van der Waals surface area contributed by atoms with Gasteiger partial charge in [0.15, 0.2) is 0 Å². The number of carbonyl (C=O) groups excluding carboxylic acids is 2. The van der Waals surface area contributed by atoms with E-state index in [1.807, 2.05) is 6.07 Å². The lowest BCUT2D eigenvalue weighted by atomic mass is 9.82. The first-order chi connectivity index (χ1) is 10.1. The molecule has 114 valence electrons. The summed E-state index contributed by atoms with van der Waals surface area (Å²) in [4.78, 5) is 26.4. The molecule has 0 aromatic heterocycles. The van der Waals surface area contributed by atoms with Crippen LogP contribution in [0.1, 0.15) is 49.4 Å². The molecule has 0 N–H and O–H groups in total. The third-order valence-corrected chi connectivity index (χ3v) is 4.67. The summed E-state index contributed by atoms with van der Waals surface area (Å²) in [6, 6.07) is 7.10. The Morgan fingerprint density at radius 3 is 2.43 bits per heavy atom. The van der Waals surface area contributed by atoms with Crippen molar-refractivity contribution < 1.29 is 14.3 Å². The van der Waals surface area contributed by atoms with Crippen molar-refractivity contribution in [2.75, 3.05) is 19.1 Å². The molecule has 2 rings (SSSR count). The molecule has 0 atom stereocenters. The second-order valence-electron chi connectivity index (χ2n) is 5.71. The smallest absolute Gasteiger partial charge is 0.339 e. The summed E-state index contributed by atoms with van der Waals surface area (Å²) in [5, 5.41) is 0. The number of para-hydroxylation sites is 1. The number of amides is 1. The van der Waals surface area contributed by atoms with Crippen LogP contribution >= 0.6 is 0 Å². The highest BCUT2D eigenvalue weighted by Gasteiger charge is 2.41. The van der Waals surface area contributed by atoms with Gasteiger partial charge in [-0.25, -0.2) is 4.79 Å². The lowest BCUT2D eigenvalue weighted by molar-refractivity contribution is -0.127. The van der Waals surface area contributed by atoms with Gasteiger partial charge in [0.1, 0.15) is 0 Å². The van der Waals surface area contributed by atoms with E-state index in [1.165, 1.54) is 7.11 Å². The summed E-state index contributed by atoms with van der Waals surface area (Å²) in [5.74, 6) is -0.305. The van der Waals surface area contributed by atoms with Crippen molar-refractivity contribution >= 4 is 17.6 Å². The van der Waals surface area contributed by atoms with Gasteiger partial charge in [0.2, 0.25) is 5.91 Å². The summed E-state index contributed by atoms with van der Waals surface area (Å²) in [5.41, 5.74) is 0.784. The number of rotatable bonds is 4. The van der Waals surface area contributed by atoms with Gasteiger partial charge in [0.25, 0.3) is 0 Å². The Morgan fingerprint density at radius 1 is 1.24 bits per heavy atom. The monoisotopic (exact) mass is 289 g/mol. The van der Waals surface area contributed by atoms with Crippen LogP contribution in [0.4, 0.5) is 5.69 Å². The van der Waals surface area contributed by atoms with Crippen molar-refractivity contribution in [3.63, 3.8) is 0 Å². The summed E-state index contributed by atoms with van der Waals surface area (Å²) >= 11 is 0. The van der Waals surface area contributed by atoms with E-state index in [4.69, 9.17) is 4.74 Å². The Kier molecular flexibility index (Phi) is 4.66. The molecule has 0 saturated heterocycles. The SMILES string of the molecule is CCC1(C(=O)N(C)c2ccccc2C(=O)OC)CCCC1. The average Bonchev–Trinajstić information content (AvgIpc) is 3.03. The maximum Gasteiger partial charge on any atom is 0.339 e. The largest absolute Gasteiger partial charge is 0.465 e. The molecular formula is C17H23NO3. The zero-order valence-corrected chi connectivity index (χ0v) is 13.0. The third-order valence-electron chi connectivity index (χ3n) is 4.67. The van der Waals surface area contributed by atoms with Crippen LogP contribution in [0.15, 0.2) is 24.3 Å². The third kappa shape index (κ3) is 2.80. The molecule has 1 aromatic carbocycles. The fourth-order valence-electron chi connectivity index (χ4n) is 3.28. The standard InChI is InChI=1S/C17H23NO3/c1-4-17(11-7-8-12-17)16(20)18(2)14-10-6-5-9-13(14)15(19)21-3/h5-6,9-10H,4,7-8,11-12H2,1-3H3. The highest BCUT2D eigenvalue weighted by molar-refractivity contribution is 6.04. The number of hydrogen-bond donors (Lipinski definition) is 0. The fraction of sp³-hybridized carbons (Fsp3) is 0.529. The normalized spacial score (nSPS) is 16.5. The second kappa shape index (κ2) is 6.29. The highest BCUT2D eigenvalue weighted by atomic mass is 16.5. The lowest BCUT2D eigenvalue weighted by Crippen LogP contribution is -2.41. The summed E-state index contributed by atoms with van der Waals surface area (Å²) in [6.45, 7) is 2.07. The van der Waals surface area contributed by atoms with E-state index in [0.29, 0.717) is 11.3 Å². The number of methoxy groups -OCH3 is 1. The van der Waals surface area contributed by atoms with E-state index in [0.717, 1.165) is 32.1 Å². The van der Waals surface area contributed by atoms with Gasteiger partial charge in [-0.3, -0.25) is 4.79 Å². The van der Waals surface area contributed by atoms with Crippen LogP contribution in [0, 0.1) is 5.41 Å². The maximum atomic E-state index is 12.9. The fourth-order valence-corrected chi connectivity index (χ4v) is 3.28. The van der Waals surface area contributed by atoms with E-state index >= 15 is 0 Å². The first-order valence-corrected chi connectivity index (χ1v) is 7.51. The van der Waals surface area contributed by atoms with Gasteiger partial charge in [-0.05, 0) is 31.4 Å². The van der Waals surface area contributed by atoms with Gasteiger partial charge in [0, 0.05) is 12.5 Å². The molecule has 4 heteroatoms. The first kappa shape index (κ1) is 15.5. The van der Waals surface area contributed by atoms with Crippen molar-refractivity contribution in [3.05, 3.63) is 29.8 Å². The molecule has 0 bridgehead atoms. The van der Waals surface area contributed by atoms with Gasteiger partial charge in [-0.2, -0.15) is 0 Å². The van der Waals surface area contributed by atoms with E-state index in [1.54, 1.807) is 30.1 Å². The molecule has 1 amide bonds. The quantitative estimate of drug-likeness (QED) is 0.798. The van der Waals surface area contributed by atoms with Crippen LogP contribution in [0.2, 0.25) is 0 Å². The predicted molar refractivity (Wildman–Crippen MR) is 82.4 cm³/mol. The van der Waals surface area contributed by atoms with E-state index in [-0.39, 0.29) is 11.3 Å². The minimum atomic E-state index is -0.415. The Hall–Kier alpha value is -1.84. The van der Waals surface area contributed by atoms with Gasteiger partial charge in [-0.15, -0.1) is 0 Å². The number of ether oxygens (including phenoxy) is 1. The van der Waals surface area contributed by atoms with Crippen molar-refractivity contribution in [2.45, 2.75) is 39.0 Å². The Labute approximate surface area is 126 Å². The molecule has 1 aliphatic rings. The number of esters is 1. The molecule has 0 radical (unpaired) electrons. The van der Waals surface area contributed by atoms with Crippen molar-refractivity contribution in [2.24, 2.45) is 5.41 Å². The van der Waals surface area contributed by atoms with Gasteiger partial charge < -0.3 is 9.64 Å². The number of hydrogen-bond acceptors (Lipinski definition) is 3. The molecule has 0 aliphatic heterocycles. The van der Waals surface area contributed by atoms with Crippen LogP contribution in [0.25, 0.3) is 0 Å². The highest BCUT2D eigenvalue weighted by Crippen LogP contribution is 2.43. The van der Waals surface area contributed by atoms with Crippen LogP contribution in [0.5, 0.6) is 0 Å². The minimum Gasteiger partial charge on any atom is -0.465 e. The molecule has 1 fully saturated rings. The number of benzene rings is 1. The van der Waals surface area contributed by atoms with Crippen LogP contribution < -0.4 is 4.90 Å². The Morgan fingerprint density at radius 2 is 1.86 bits per heavy atom. The van der Waals surface area contributed by atoms with Gasteiger partial charge in [0.05, 0.1) is 18.4 Å². The first-order valence-electron chi connectivity index (χ1n) is 7.51. The van der Waals surface area contributed by atoms with Crippen LogP contribution in [-0.4, -0.2) is 26.0 Å². The van der Waals surface area contributed by atoms with Gasteiger partial charge >= 0.3 is 5.97 Å². The van der Waals surface area contributed by atoms with Gasteiger partial charge in [-0.1, -0.05) is 31.9 Å². The van der Waals surface area contributed by atoms with E-state index in [9.17, 15) is 9.59 Å². The Balaban J connectivity index is 2.34. The number of nitrogens with zero attached hydrogens (tertiary/aromatic N) is 1. The minimum absolute atomic E-state index is 0.110. The molecule has 0 unspecified atom stereocenters. The lowest BCUT2D eigenvalue weighted by Gasteiger charge is -2.32. The van der Waals surface area contributed by atoms with Crippen LogP contribution in [-0.2, 0) is 9.53 Å². The summed E-state index contributed by atoms with van der Waals surface area (Å²) in [7, 11) is 3.10. The topological polar surface area (TPSA) is 46.6 Å². The van der Waals surface area contributed by atoms with Crippen LogP contribution in [0.3, 0.4) is 0 Å². The molecular weight excluding hydrogens is 266 g/mol. The maximum absolute atomic E-state index is 12.9. The van der Waals surface area contributed by atoms with E-state index in [2.05, 4.69) is 6.92 Å². The second-order valence-corrected chi connectivity index (χ2v) is 5.71. The zero-order valence-electron chi connectivity index (χ0n) is 13.0. The molecule has 1 saturated carbocycles. The molecule has 21 heavy (non-hydrogen) atoms. The predicted octanol–water partition coefficient (Wildman–Crippen LogP) is 3.41. The number of anilines is 1. The van der Waals surface area contributed by atoms with Crippen molar-refractivity contribution in [1.82, 2.24) is 0 Å². The Bertz CT molecular complexity index is 533. The van der Waals surface area contributed by atoms with Crippen molar-refractivity contribution in [1.29, 1.82) is 0 Å². The molecule has 1 aliphatic carbocycles.